The highest BCUT2D eigenvalue weighted by molar-refractivity contribution is 6.31. The minimum Gasteiger partial charge on any atom is -0.493 e. The molecule has 0 unspecified atom stereocenters. The minimum absolute atomic E-state index is 0.0644. The number of carbonyl (C=O) groups excluding carboxylic acids is 1. The van der Waals surface area contributed by atoms with E-state index in [0.717, 1.165) is 12.1 Å². The Morgan fingerprint density at radius 1 is 1.10 bits per heavy atom. The van der Waals surface area contributed by atoms with E-state index in [1.165, 1.54) is 25.3 Å². The summed E-state index contributed by atoms with van der Waals surface area (Å²) >= 11 is 6.18. The topological polar surface area (TPSA) is 79.8 Å². The maximum absolute atomic E-state index is 12.5. The summed E-state index contributed by atoms with van der Waals surface area (Å²) in [5, 5.41) is 14.3. The van der Waals surface area contributed by atoms with E-state index < -0.39 is 17.8 Å². The molecule has 0 radical (unpaired) electrons. The van der Waals surface area contributed by atoms with Crippen molar-refractivity contribution in [3.05, 3.63) is 58.1 Å². The molecule has 2 rings (SSSR count). The van der Waals surface area contributed by atoms with Gasteiger partial charge in [0.15, 0.2) is 11.5 Å². The Morgan fingerprint density at radius 3 is 2.34 bits per heavy atom. The van der Waals surface area contributed by atoms with Crippen LogP contribution in [0.5, 0.6) is 11.5 Å². The van der Waals surface area contributed by atoms with Gasteiger partial charge in [-0.2, -0.15) is 13.2 Å². The lowest BCUT2D eigenvalue weighted by atomic mass is 10.1. The number of urea groups is 1. The largest absolute Gasteiger partial charge is 0.493 e. The summed E-state index contributed by atoms with van der Waals surface area (Å²) in [6.45, 7) is 0.0725. The maximum Gasteiger partial charge on any atom is 0.416 e. The number of hydrogen-bond acceptors (Lipinski definition) is 4. The van der Waals surface area contributed by atoms with Crippen molar-refractivity contribution >= 4 is 17.6 Å². The Kier molecular flexibility index (Phi) is 7.98. The molecule has 0 atom stereocenters. The molecule has 6 nitrogen and oxygen atoms in total. The van der Waals surface area contributed by atoms with Crippen LogP contribution in [0.15, 0.2) is 36.4 Å². The molecule has 0 saturated heterocycles. The highest BCUT2D eigenvalue weighted by Crippen LogP contribution is 2.33. The molecule has 158 valence electrons. The number of amides is 2. The number of alkyl halides is 3. The van der Waals surface area contributed by atoms with Gasteiger partial charge in [-0.15, -0.1) is 0 Å². The number of halogens is 4. The second-order valence-electron chi connectivity index (χ2n) is 5.90. The molecule has 0 saturated carbocycles. The van der Waals surface area contributed by atoms with Gasteiger partial charge in [-0.1, -0.05) is 23.7 Å². The molecule has 0 aliphatic carbocycles. The van der Waals surface area contributed by atoms with E-state index in [2.05, 4.69) is 10.6 Å². The van der Waals surface area contributed by atoms with Crippen LogP contribution >= 0.6 is 11.6 Å². The lowest BCUT2D eigenvalue weighted by Gasteiger charge is -2.14. The third-order valence-corrected chi connectivity index (χ3v) is 4.21. The number of aliphatic hydroxyl groups is 1. The highest BCUT2D eigenvalue weighted by Gasteiger charge is 2.29. The molecule has 10 heteroatoms. The Morgan fingerprint density at radius 2 is 1.76 bits per heavy atom. The number of nitrogens with one attached hydrogen (secondary N) is 2. The number of carbonyl (C=O) groups is 1. The van der Waals surface area contributed by atoms with Gasteiger partial charge in [0.1, 0.15) is 6.61 Å². The molecule has 0 heterocycles. The van der Waals surface area contributed by atoms with Crippen molar-refractivity contribution in [2.75, 3.05) is 20.3 Å². The van der Waals surface area contributed by atoms with Crippen LogP contribution in [0.1, 0.15) is 16.7 Å². The first kappa shape index (κ1) is 22.6. The first-order chi connectivity index (χ1) is 13.7. The smallest absolute Gasteiger partial charge is 0.416 e. The number of rotatable bonds is 8. The van der Waals surface area contributed by atoms with E-state index in [1.807, 2.05) is 0 Å². The van der Waals surface area contributed by atoms with Gasteiger partial charge >= 0.3 is 12.2 Å². The first-order valence-corrected chi connectivity index (χ1v) is 8.90. The lowest BCUT2D eigenvalue weighted by Crippen LogP contribution is -2.34. The second kappa shape index (κ2) is 10.2. The minimum atomic E-state index is -4.40. The predicted octanol–water partition coefficient (Wildman–Crippen LogP) is 3.74. The molecule has 0 aliphatic rings. The summed E-state index contributed by atoms with van der Waals surface area (Å²) in [5.74, 6) is 0.756. The normalized spacial score (nSPS) is 11.1. The van der Waals surface area contributed by atoms with E-state index >= 15 is 0 Å². The zero-order chi connectivity index (χ0) is 21.4. The van der Waals surface area contributed by atoms with Crippen LogP contribution in [0.2, 0.25) is 5.02 Å². The van der Waals surface area contributed by atoms with Gasteiger partial charge in [-0.25, -0.2) is 4.79 Å². The van der Waals surface area contributed by atoms with Crippen molar-refractivity contribution in [2.45, 2.75) is 19.3 Å². The summed E-state index contributed by atoms with van der Waals surface area (Å²) in [7, 11) is 1.45. The van der Waals surface area contributed by atoms with E-state index in [4.69, 9.17) is 26.2 Å². The zero-order valence-corrected chi connectivity index (χ0v) is 16.2. The van der Waals surface area contributed by atoms with Crippen LogP contribution in [-0.2, 0) is 19.3 Å². The Balaban J connectivity index is 1.90. The molecule has 29 heavy (non-hydrogen) atoms. The summed E-state index contributed by atoms with van der Waals surface area (Å²) in [4.78, 5) is 12.0. The van der Waals surface area contributed by atoms with Gasteiger partial charge in [0, 0.05) is 24.2 Å². The number of aliphatic hydroxyl groups excluding tert-OH is 1. The third kappa shape index (κ3) is 6.72. The molecule has 0 fully saturated rings. The van der Waals surface area contributed by atoms with E-state index in [1.54, 1.807) is 6.07 Å². The van der Waals surface area contributed by atoms with Crippen molar-refractivity contribution < 1.29 is 32.5 Å². The predicted molar refractivity (Wildman–Crippen MR) is 101 cm³/mol. The summed E-state index contributed by atoms with van der Waals surface area (Å²) in [6.07, 6.45) is -4.40. The van der Waals surface area contributed by atoms with Crippen molar-refractivity contribution in [3.63, 3.8) is 0 Å². The van der Waals surface area contributed by atoms with Crippen LogP contribution in [0, 0.1) is 0 Å². The number of hydrogen-bond donors (Lipinski definition) is 3. The van der Waals surface area contributed by atoms with Crippen LogP contribution in [-0.4, -0.2) is 31.5 Å². The Hall–Kier alpha value is -2.65. The van der Waals surface area contributed by atoms with Crippen LogP contribution in [0.4, 0.5) is 18.0 Å². The van der Waals surface area contributed by atoms with Crippen LogP contribution < -0.4 is 20.1 Å². The number of methoxy groups -OCH3 is 1. The molecular weight excluding hydrogens is 413 g/mol. The van der Waals surface area contributed by atoms with E-state index in [9.17, 15) is 18.0 Å². The number of ether oxygens (including phenoxy) is 2. The molecule has 2 amide bonds. The van der Waals surface area contributed by atoms with Crippen molar-refractivity contribution in [1.29, 1.82) is 0 Å². The Labute approximate surface area is 170 Å². The van der Waals surface area contributed by atoms with Crippen molar-refractivity contribution in [2.24, 2.45) is 0 Å². The highest BCUT2D eigenvalue weighted by atomic mass is 35.5. The summed E-state index contributed by atoms with van der Waals surface area (Å²) < 4.78 is 48.2. The molecule has 0 aliphatic heterocycles. The average Bonchev–Trinajstić information content (AvgIpc) is 2.69. The molecule has 3 N–H and O–H groups in total. The fourth-order valence-corrected chi connectivity index (χ4v) is 2.59. The first-order valence-electron chi connectivity index (χ1n) is 8.52. The summed E-state index contributed by atoms with van der Waals surface area (Å²) in [5.41, 5.74) is 0.350. The molecule has 0 aromatic heterocycles. The third-order valence-electron chi connectivity index (χ3n) is 3.86. The van der Waals surface area contributed by atoms with Gasteiger partial charge in [-0.05, 0) is 29.3 Å². The van der Waals surface area contributed by atoms with Gasteiger partial charge in [-0.3, -0.25) is 0 Å². The quantitative estimate of drug-likeness (QED) is 0.593. The molecule has 0 spiro atoms. The molecule has 2 aromatic carbocycles. The van der Waals surface area contributed by atoms with E-state index in [-0.39, 0.29) is 26.3 Å². The van der Waals surface area contributed by atoms with Gasteiger partial charge in [0.25, 0.3) is 0 Å². The Bertz CT molecular complexity index is 829. The maximum atomic E-state index is 12.5. The van der Waals surface area contributed by atoms with Gasteiger partial charge in [0.2, 0.25) is 0 Å². The fraction of sp³-hybridized carbons (Fsp3) is 0.316. The molecule has 2 aromatic rings. The average molecular weight is 433 g/mol. The summed E-state index contributed by atoms with van der Waals surface area (Å²) in [6, 6.07) is 7.13. The standard InChI is InChI=1S/C19H20ClF3N2O4/c1-28-16-8-13(15(20)9-17(16)29-7-6-26)11-25-18(27)24-10-12-2-4-14(5-3-12)19(21,22)23/h2-5,8-9,26H,6-7,10-11H2,1H3,(H2,24,25,27). The van der Waals surface area contributed by atoms with Crippen LogP contribution in [0.25, 0.3) is 0 Å². The monoisotopic (exact) mass is 432 g/mol. The fourth-order valence-electron chi connectivity index (χ4n) is 2.37. The van der Waals surface area contributed by atoms with Gasteiger partial charge < -0.3 is 25.2 Å². The van der Waals surface area contributed by atoms with Crippen molar-refractivity contribution in [3.8, 4) is 11.5 Å². The zero-order valence-electron chi connectivity index (χ0n) is 15.5. The SMILES string of the molecule is COc1cc(CNC(=O)NCc2ccc(C(F)(F)F)cc2)c(Cl)cc1OCCO. The van der Waals surface area contributed by atoms with Crippen LogP contribution in [0.3, 0.4) is 0 Å². The lowest BCUT2D eigenvalue weighted by molar-refractivity contribution is -0.137. The molecular formula is C19H20ClF3N2O4. The second-order valence-corrected chi connectivity index (χ2v) is 6.30. The number of benzene rings is 2. The van der Waals surface area contributed by atoms with Gasteiger partial charge in [0.05, 0.1) is 19.3 Å². The van der Waals surface area contributed by atoms with Crippen molar-refractivity contribution in [1.82, 2.24) is 10.6 Å². The molecule has 0 bridgehead atoms. The van der Waals surface area contributed by atoms with E-state index in [0.29, 0.717) is 27.6 Å².